The van der Waals surface area contributed by atoms with Gasteiger partial charge in [0.25, 0.3) is 5.91 Å². The number of thioether (sulfide) groups is 2. The zero-order chi connectivity index (χ0) is 17.6. The summed E-state index contributed by atoms with van der Waals surface area (Å²) in [4.78, 5) is 18.8. The van der Waals surface area contributed by atoms with Crippen molar-refractivity contribution in [2.75, 3.05) is 11.6 Å². The van der Waals surface area contributed by atoms with Crippen LogP contribution in [0.2, 0.25) is 0 Å². The standard InChI is InChI=1S/C18H17N3O2S2/c1-12-19-17(23-21-12)11-25-16-6-4-3-5-15(16)18(22)20-13-7-9-14(24-2)10-8-13/h3-10H,11H2,1-2H3,(H,20,22). The van der Waals surface area contributed by atoms with Crippen LogP contribution in [-0.2, 0) is 5.75 Å². The van der Waals surface area contributed by atoms with Crippen molar-refractivity contribution in [2.45, 2.75) is 22.5 Å². The number of anilines is 1. The fraction of sp³-hybridized carbons (Fsp3) is 0.167. The van der Waals surface area contributed by atoms with Gasteiger partial charge in [0.2, 0.25) is 5.89 Å². The van der Waals surface area contributed by atoms with Gasteiger partial charge in [-0.15, -0.1) is 23.5 Å². The van der Waals surface area contributed by atoms with Crippen molar-refractivity contribution < 1.29 is 9.32 Å². The fourth-order valence-corrected chi connectivity index (χ4v) is 3.49. The number of benzene rings is 2. The van der Waals surface area contributed by atoms with Crippen LogP contribution >= 0.6 is 23.5 Å². The third-order valence-electron chi connectivity index (χ3n) is 3.40. The summed E-state index contributed by atoms with van der Waals surface area (Å²) in [7, 11) is 0. The molecule has 0 aliphatic carbocycles. The topological polar surface area (TPSA) is 68.0 Å². The van der Waals surface area contributed by atoms with E-state index in [1.807, 2.05) is 54.8 Å². The Hall–Kier alpha value is -2.25. The van der Waals surface area contributed by atoms with Crippen molar-refractivity contribution in [3.05, 3.63) is 65.8 Å². The molecule has 0 fully saturated rings. The highest BCUT2D eigenvalue weighted by atomic mass is 32.2. The van der Waals surface area contributed by atoms with Gasteiger partial charge in [0.15, 0.2) is 5.82 Å². The van der Waals surface area contributed by atoms with Crippen molar-refractivity contribution in [1.29, 1.82) is 0 Å². The second-order valence-electron chi connectivity index (χ2n) is 5.20. The lowest BCUT2D eigenvalue weighted by Crippen LogP contribution is -2.12. The van der Waals surface area contributed by atoms with Crippen LogP contribution in [-0.4, -0.2) is 22.3 Å². The molecule has 0 aliphatic heterocycles. The molecule has 0 saturated heterocycles. The fourth-order valence-electron chi connectivity index (χ4n) is 2.19. The van der Waals surface area contributed by atoms with Crippen LogP contribution in [0.25, 0.3) is 0 Å². The first-order chi connectivity index (χ1) is 12.2. The van der Waals surface area contributed by atoms with E-state index in [0.717, 1.165) is 15.5 Å². The molecule has 0 spiro atoms. The minimum atomic E-state index is -0.137. The van der Waals surface area contributed by atoms with Crippen LogP contribution in [0.4, 0.5) is 5.69 Å². The second-order valence-corrected chi connectivity index (χ2v) is 7.10. The van der Waals surface area contributed by atoms with Gasteiger partial charge in [0.05, 0.1) is 11.3 Å². The maximum atomic E-state index is 12.6. The highest BCUT2D eigenvalue weighted by Gasteiger charge is 2.13. The van der Waals surface area contributed by atoms with Crippen LogP contribution in [0.5, 0.6) is 0 Å². The van der Waals surface area contributed by atoms with Crippen LogP contribution < -0.4 is 5.32 Å². The molecular weight excluding hydrogens is 354 g/mol. The summed E-state index contributed by atoms with van der Waals surface area (Å²) in [5.74, 6) is 1.54. The summed E-state index contributed by atoms with van der Waals surface area (Å²) in [5, 5.41) is 6.72. The Morgan fingerprint density at radius 2 is 1.92 bits per heavy atom. The van der Waals surface area contributed by atoms with Crippen LogP contribution in [0.3, 0.4) is 0 Å². The van der Waals surface area contributed by atoms with Crippen LogP contribution in [0.15, 0.2) is 62.8 Å². The molecule has 128 valence electrons. The van der Waals surface area contributed by atoms with E-state index in [1.165, 1.54) is 11.8 Å². The zero-order valence-electron chi connectivity index (χ0n) is 13.9. The molecule has 7 heteroatoms. The average Bonchev–Trinajstić information content (AvgIpc) is 3.06. The number of amides is 1. The average molecular weight is 371 g/mol. The predicted molar refractivity (Wildman–Crippen MR) is 101 cm³/mol. The van der Waals surface area contributed by atoms with Crippen molar-refractivity contribution in [3.8, 4) is 0 Å². The number of aromatic nitrogens is 2. The van der Waals surface area contributed by atoms with E-state index < -0.39 is 0 Å². The summed E-state index contributed by atoms with van der Waals surface area (Å²) < 4.78 is 5.12. The van der Waals surface area contributed by atoms with Crippen molar-refractivity contribution >= 4 is 35.1 Å². The number of aryl methyl sites for hydroxylation is 1. The Labute approximate surface area is 154 Å². The van der Waals surface area contributed by atoms with Gasteiger partial charge >= 0.3 is 0 Å². The zero-order valence-corrected chi connectivity index (χ0v) is 15.5. The predicted octanol–water partition coefficient (Wildman–Crippen LogP) is 4.64. The highest BCUT2D eigenvalue weighted by molar-refractivity contribution is 7.98. The van der Waals surface area contributed by atoms with Crippen LogP contribution in [0.1, 0.15) is 22.1 Å². The molecule has 1 aromatic heterocycles. The lowest BCUT2D eigenvalue weighted by Gasteiger charge is -2.09. The summed E-state index contributed by atoms with van der Waals surface area (Å²) in [6, 6.07) is 15.3. The second kappa shape index (κ2) is 8.22. The van der Waals surface area contributed by atoms with Gasteiger partial charge in [0, 0.05) is 15.5 Å². The number of nitrogens with one attached hydrogen (secondary N) is 1. The van der Waals surface area contributed by atoms with Gasteiger partial charge in [0.1, 0.15) is 0 Å². The van der Waals surface area contributed by atoms with E-state index in [4.69, 9.17) is 4.52 Å². The first-order valence-electron chi connectivity index (χ1n) is 7.62. The first-order valence-corrected chi connectivity index (χ1v) is 9.83. The van der Waals surface area contributed by atoms with Crippen molar-refractivity contribution in [1.82, 2.24) is 10.1 Å². The largest absolute Gasteiger partial charge is 0.338 e. The van der Waals surface area contributed by atoms with E-state index in [0.29, 0.717) is 23.0 Å². The summed E-state index contributed by atoms with van der Waals surface area (Å²) in [5.41, 5.74) is 1.40. The molecule has 0 unspecified atom stereocenters. The van der Waals surface area contributed by atoms with Crippen molar-refractivity contribution in [3.63, 3.8) is 0 Å². The Kier molecular flexibility index (Phi) is 5.78. The van der Waals surface area contributed by atoms with Gasteiger partial charge in [-0.3, -0.25) is 4.79 Å². The van der Waals surface area contributed by atoms with E-state index >= 15 is 0 Å². The quantitative estimate of drug-likeness (QED) is 0.637. The molecule has 3 aromatic rings. The van der Waals surface area contributed by atoms with E-state index in [2.05, 4.69) is 15.5 Å². The molecule has 0 bridgehead atoms. The van der Waals surface area contributed by atoms with Gasteiger partial charge in [-0.05, 0) is 49.6 Å². The lowest BCUT2D eigenvalue weighted by atomic mass is 10.2. The third-order valence-corrected chi connectivity index (χ3v) is 5.20. The maximum absolute atomic E-state index is 12.6. The lowest BCUT2D eigenvalue weighted by molar-refractivity contribution is 0.102. The smallest absolute Gasteiger partial charge is 0.256 e. The summed E-state index contributed by atoms with van der Waals surface area (Å²) >= 11 is 3.16. The Morgan fingerprint density at radius 3 is 2.60 bits per heavy atom. The third kappa shape index (κ3) is 4.64. The molecule has 5 nitrogen and oxygen atoms in total. The molecule has 2 aromatic carbocycles. The van der Waals surface area contributed by atoms with E-state index in [-0.39, 0.29) is 5.91 Å². The molecule has 0 radical (unpaired) electrons. The molecule has 1 amide bonds. The van der Waals surface area contributed by atoms with Gasteiger partial charge in [-0.25, -0.2) is 0 Å². The van der Waals surface area contributed by atoms with Gasteiger partial charge in [-0.1, -0.05) is 17.3 Å². The molecule has 0 saturated carbocycles. The van der Waals surface area contributed by atoms with E-state index in [9.17, 15) is 4.79 Å². The number of rotatable bonds is 6. The minimum absolute atomic E-state index is 0.137. The Balaban J connectivity index is 1.71. The van der Waals surface area contributed by atoms with Gasteiger partial charge < -0.3 is 9.84 Å². The Bertz CT molecular complexity index is 863. The number of hydrogen-bond acceptors (Lipinski definition) is 6. The highest BCUT2D eigenvalue weighted by Crippen LogP contribution is 2.27. The molecule has 0 aliphatic rings. The molecule has 3 rings (SSSR count). The molecule has 25 heavy (non-hydrogen) atoms. The van der Waals surface area contributed by atoms with E-state index in [1.54, 1.807) is 18.7 Å². The Morgan fingerprint density at radius 1 is 1.16 bits per heavy atom. The van der Waals surface area contributed by atoms with Crippen LogP contribution in [0, 0.1) is 6.92 Å². The molecule has 0 atom stereocenters. The minimum Gasteiger partial charge on any atom is -0.338 e. The molecular formula is C18H17N3O2S2. The maximum Gasteiger partial charge on any atom is 0.256 e. The number of carbonyl (C=O) groups excluding carboxylic acids is 1. The first kappa shape index (κ1) is 17.6. The normalized spacial score (nSPS) is 10.6. The SMILES string of the molecule is CSc1ccc(NC(=O)c2ccccc2SCc2nc(C)no2)cc1. The molecule has 1 N–H and O–H groups in total. The number of hydrogen-bond donors (Lipinski definition) is 1. The van der Waals surface area contributed by atoms with Crippen molar-refractivity contribution in [2.24, 2.45) is 0 Å². The summed E-state index contributed by atoms with van der Waals surface area (Å²) in [6.07, 6.45) is 2.02. The number of nitrogens with zero attached hydrogens (tertiary/aromatic N) is 2. The monoisotopic (exact) mass is 371 g/mol. The number of carbonyl (C=O) groups is 1. The van der Waals surface area contributed by atoms with Gasteiger partial charge in [-0.2, -0.15) is 4.98 Å². The summed E-state index contributed by atoms with van der Waals surface area (Å²) in [6.45, 7) is 1.78. The molecule has 1 heterocycles.